The van der Waals surface area contributed by atoms with Gasteiger partial charge in [-0.3, -0.25) is 14.4 Å². The number of halogens is 2. The summed E-state index contributed by atoms with van der Waals surface area (Å²) < 4.78 is 67.2. The Morgan fingerprint density at radius 3 is 2.16 bits per heavy atom. The molecule has 3 saturated heterocycles. The molecule has 0 amide bonds. The van der Waals surface area contributed by atoms with Crippen molar-refractivity contribution in [1.29, 1.82) is 0 Å². The van der Waals surface area contributed by atoms with Crippen LogP contribution in [0.15, 0.2) is 23.8 Å². The number of ether oxygens (including phenoxy) is 8. The maximum atomic E-state index is 16.2. The molecule has 7 rings (SSSR count). The van der Waals surface area contributed by atoms with Gasteiger partial charge in [-0.2, -0.15) is 0 Å². The lowest BCUT2D eigenvalue weighted by Gasteiger charge is -2.64. The Bertz CT molecular complexity index is 2490. The van der Waals surface area contributed by atoms with Gasteiger partial charge in [-0.1, -0.05) is 47.6 Å². The van der Waals surface area contributed by atoms with E-state index in [2.05, 4.69) is 0 Å². The highest BCUT2D eigenvalue weighted by molar-refractivity contribution is 6.26. The lowest BCUT2D eigenvalue weighted by atomic mass is 9.45. The Balaban J connectivity index is 1.10. The fraction of sp³-hybridized carbons (Fsp3) is 0.875. The number of alkyl halides is 2. The predicted molar refractivity (Wildman–Crippen MR) is 316 cm³/mol. The number of aliphatic hydroxyl groups excluding tert-OH is 3. The molecule has 492 valence electrons. The van der Waals surface area contributed by atoms with Gasteiger partial charge in [0.15, 0.2) is 30.1 Å². The summed E-state index contributed by atoms with van der Waals surface area (Å²) in [6, 6.07) is -1.09. The molecule has 0 aromatic carbocycles. The Morgan fingerprint density at radius 2 is 1.53 bits per heavy atom. The van der Waals surface area contributed by atoms with E-state index in [1.807, 2.05) is 37.7 Å². The highest BCUT2D eigenvalue weighted by Gasteiger charge is 2.76. The van der Waals surface area contributed by atoms with Gasteiger partial charge in [0.05, 0.1) is 65.2 Å². The quantitative estimate of drug-likeness (QED) is 0.0525. The standard InChI is InChI=1S/C64H104ClFN2O18/c1-18-47-62(13,77)52(72)38(7)68(16)32-33(2)29-60(11,76)54(36(5)50(37(6)55(74)83-47)85-49-31-61(12,79-17)53(73)39(8)82-49)86-56-51(45(67(14)15)26-35(4)81-56)84-48(71)21-19-20-24-80-57(75)64(78)34(3)25-41-42-28-44(66)43-27-40(69)22-23-58(43,9)63(42,65)46(70)30-59(41,64)10/h22-23,27,33-39,41-42,44-47,49-54,56,70,72-73,76-78H,18-21,24-26,28-32H2,1-17H3/t33-,34-,35?,36+,37-,38-,39?,41?,42?,44+,45-,46+,47-,49?,50+,51?,52-,53-,54-,56?,58+,59+,60-,61+,62-,63+,64+/m1/s1. The molecule has 7 unspecified atom stereocenters. The summed E-state index contributed by atoms with van der Waals surface area (Å²) >= 11 is 7.52. The molecule has 0 aromatic heterocycles. The van der Waals surface area contributed by atoms with E-state index in [4.69, 9.17) is 49.5 Å². The lowest BCUT2D eigenvalue weighted by molar-refractivity contribution is -0.319. The highest BCUT2D eigenvalue weighted by atomic mass is 35.5. The molecule has 0 radical (unpaired) electrons. The van der Waals surface area contributed by atoms with Crippen LogP contribution in [0.25, 0.3) is 0 Å². The zero-order valence-electron chi connectivity index (χ0n) is 54.0. The molecule has 3 aliphatic heterocycles. The number of unbranched alkanes of at least 4 members (excludes halogenated alkanes) is 1. The Hall–Kier alpha value is -2.74. The summed E-state index contributed by atoms with van der Waals surface area (Å²) in [6.07, 6.45) is -7.99. The molecule has 20 nitrogen and oxygen atoms in total. The van der Waals surface area contributed by atoms with Crippen molar-refractivity contribution < 1.29 is 92.1 Å². The molecular weight excluding hydrogens is 1140 g/mol. The van der Waals surface area contributed by atoms with Crippen molar-refractivity contribution in [3.63, 3.8) is 0 Å². The van der Waals surface area contributed by atoms with Crippen LogP contribution in [0.2, 0.25) is 0 Å². The van der Waals surface area contributed by atoms with Crippen LogP contribution in [0.4, 0.5) is 4.39 Å². The summed E-state index contributed by atoms with van der Waals surface area (Å²) in [5.74, 6) is -6.73. The third-order valence-electron chi connectivity index (χ3n) is 22.0. The first-order chi connectivity index (χ1) is 39.8. The minimum Gasteiger partial charge on any atom is -0.464 e. The van der Waals surface area contributed by atoms with Crippen molar-refractivity contribution in [3.05, 3.63) is 23.8 Å². The number of cyclic esters (lactones) is 1. The van der Waals surface area contributed by atoms with Crippen molar-refractivity contribution in [1.82, 2.24) is 9.80 Å². The Kier molecular flexibility index (Phi) is 21.8. The van der Waals surface area contributed by atoms with E-state index >= 15 is 4.39 Å². The number of esters is 3. The zero-order valence-corrected chi connectivity index (χ0v) is 54.8. The Labute approximate surface area is 514 Å². The molecule has 4 aliphatic carbocycles. The molecule has 3 heterocycles. The number of carbonyl (C=O) groups is 4. The number of nitrogens with zero attached hydrogens (tertiary/aromatic N) is 2. The molecule has 27 atom stereocenters. The molecular formula is C64H104ClFN2O18. The molecule has 0 spiro atoms. The zero-order chi connectivity index (χ0) is 64.4. The SMILES string of the molecule is CC[C@H]1OC(=O)[C@H](C)[C@@H](OC2C[C@](C)(OC)[C@H](O)C(C)O2)[C@H](C)[C@@H](OC2OC(C)C[C@@H](N(C)C)C2OC(=O)CCCCOC(=O)[C@@]2(O)[C@H](C)CC3C4C[C@H](F)C5=CC(=O)C=C[C@]5(C)[C@@]4(Cl)[C@@H](O)C[C@@]32C)[C@](C)(O)C[C@@H](C)CN(C)[C@H](C)[C@@H](O)[C@]1(C)O. The molecule has 3 saturated carbocycles. The van der Waals surface area contributed by atoms with E-state index < -0.39 is 171 Å². The fourth-order valence-corrected chi connectivity index (χ4v) is 17.2. The third-order valence-corrected chi connectivity index (χ3v) is 22.9. The summed E-state index contributed by atoms with van der Waals surface area (Å²) in [6.45, 7) is 22.6. The highest BCUT2D eigenvalue weighted by Crippen LogP contribution is 2.71. The number of hydrogen-bond donors (Lipinski definition) is 6. The number of hydrogen-bond acceptors (Lipinski definition) is 20. The van der Waals surface area contributed by atoms with Gasteiger partial charge in [0.1, 0.15) is 30.1 Å². The predicted octanol–water partition coefficient (Wildman–Crippen LogP) is 5.73. The van der Waals surface area contributed by atoms with E-state index in [-0.39, 0.29) is 75.2 Å². The van der Waals surface area contributed by atoms with Crippen molar-refractivity contribution in [2.75, 3.05) is 41.4 Å². The van der Waals surface area contributed by atoms with Gasteiger partial charge in [-0.15, -0.1) is 11.6 Å². The van der Waals surface area contributed by atoms with Gasteiger partial charge in [0.25, 0.3) is 0 Å². The topological polar surface area (TPSA) is 270 Å². The minimum absolute atomic E-state index is 0.0456. The van der Waals surface area contributed by atoms with Gasteiger partial charge in [0, 0.05) is 49.3 Å². The van der Waals surface area contributed by atoms with E-state index in [0.29, 0.717) is 19.4 Å². The van der Waals surface area contributed by atoms with E-state index in [1.54, 1.807) is 82.4 Å². The first-order valence-electron chi connectivity index (χ1n) is 31.4. The number of allylic oxidation sites excluding steroid dienone is 4. The van der Waals surface area contributed by atoms with E-state index in [9.17, 15) is 49.8 Å². The molecule has 6 N–H and O–H groups in total. The van der Waals surface area contributed by atoms with Gasteiger partial charge in [0.2, 0.25) is 0 Å². The van der Waals surface area contributed by atoms with Crippen molar-refractivity contribution in [2.24, 2.45) is 46.3 Å². The van der Waals surface area contributed by atoms with Crippen LogP contribution in [-0.2, 0) is 57.1 Å². The van der Waals surface area contributed by atoms with Crippen molar-refractivity contribution in [2.45, 2.75) is 267 Å². The van der Waals surface area contributed by atoms with E-state index in [0.717, 1.165) is 0 Å². The normalized spacial score (nSPS) is 48.9. The van der Waals surface area contributed by atoms with Crippen LogP contribution in [-0.4, -0.2) is 219 Å². The maximum Gasteiger partial charge on any atom is 0.338 e. The average molecular weight is 1240 g/mol. The lowest BCUT2D eigenvalue weighted by Crippen LogP contribution is -2.70. The monoisotopic (exact) mass is 1240 g/mol. The summed E-state index contributed by atoms with van der Waals surface area (Å²) in [5.41, 5.74) is -9.04. The second-order valence-electron chi connectivity index (χ2n) is 28.5. The van der Waals surface area contributed by atoms with Crippen LogP contribution >= 0.6 is 11.6 Å². The summed E-state index contributed by atoms with van der Waals surface area (Å²) in [5, 5.41) is 72.5. The number of ketones is 1. The number of likely N-dealkylation sites (N-methyl/N-ethyl adjacent to an activating group) is 2. The number of fused-ring (bicyclic) bond motifs is 5. The van der Waals surface area contributed by atoms with Crippen molar-refractivity contribution in [3.8, 4) is 0 Å². The second-order valence-corrected chi connectivity index (χ2v) is 29.1. The number of aliphatic hydroxyl groups is 6. The number of rotatable bonds is 14. The van der Waals surface area contributed by atoms with Crippen LogP contribution in [0, 0.1) is 46.3 Å². The van der Waals surface area contributed by atoms with Crippen LogP contribution < -0.4 is 0 Å². The van der Waals surface area contributed by atoms with Crippen LogP contribution in [0.1, 0.15) is 154 Å². The second kappa shape index (κ2) is 26.5. The van der Waals surface area contributed by atoms with Gasteiger partial charge < -0.3 is 78.3 Å². The molecule has 6 fully saturated rings. The van der Waals surface area contributed by atoms with Crippen LogP contribution in [0.3, 0.4) is 0 Å². The smallest absolute Gasteiger partial charge is 0.338 e. The van der Waals surface area contributed by atoms with E-state index in [1.165, 1.54) is 26.2 Å². The van der Waals surface area contributed by atoms with Gasteiger partial charge in [-0.25, -0.2) is 9.18 Å². The van der Waals surface area contributed by atoms with Crippen molar-refractivity contribution >= 4 is 35.3 Å². The first-order valence-corrected chi connectivity index (χ1v) is 31.8. The number of methoxy groups -OCH3 is 1. The molecule has 22 heteroatoms. The molecule has 7 aliphatic rings. The van der Waals surface area contributed by atoms with Gasteiger partial charge in [-0.05, 0) is 162 Å². The summed E-state index contributed by atoms with van der Waals surface area (Å²) in [7, 11) is 6.98. The average Bonchev–Trinajstić information content (AvgIpc) is 1.30. The first kappa shape index (κ1) is 70.7. The molecule has 86 heavy (non-hydrogen) atoms. The third kappa shape index (κ3) is 12.9. The minimum atomic E-state index is -2.07. The number of carbonyl (C=O) groups excluding carboxylic acids is 4. The molecule has 0 bridgehead atoms. The summed E-state index contributed by atoms with van der Waals surface area (Å²) in [4.78, 5) is 57.9. The fourth-order valence-electron chi connectivity index (χ4n) is 16.7. The largest absolute Gasteiger partial charge is 0.464 e. The molecule has 0 aromatic rings. The van der Waals surface area contributed by atoms with Gasteiger partial charge >= 0.3 is 17.9 Å². The maximum absolute atomic E-state index is 16.2. The van der Waals surface area contributed by atoms with Crippen LogP contribution in [0.5, 0.6) is 0 Å². The Morgan fingerprint density at radius 1 is 0.872 bits per heavy atom.